The average Bonchev–Trinajstić information content (AvgIpc) is 2.31. The van der Waals surface area contributed by atoms with Crippen molar-refractivity contribution in [2.24, 2.45) is 0 Å². The number of carbonyl (C=O) groups excluding carboxylic acids is 1. The first-order valence-electron chi connectivity index (χ1n) is 4.80. The third kappa shape index (κ3) is 3.06. The van der Waals surface area contributed by atoms with Crippen LogP contribution in [0.5, 0.6) is 0 Å². The number of anilines is 1. The Morgan fingerprint density at radius 3 is 3.06 bits per heavy atom. The van der Waals surface area contributed by atoms with E-state index < -0.39 is 5.97 Å². The highest BCUT2D eigenvalue weighted by Gasteiger charge is 2.07. The molecule has 0 amide bonds. The normalized spacial score (nSPS) is 10.6. The largest absolute Gasteiger partial charge is 0.465 e. The highest BCUT2D eigenvalue weighted by molar-refractivity contribution is 5.90. The Hall–Kier alpha value is -1.88. The van der Waals surface area contributed by atoms with Crippen LogP contribution in [0.25, 0.3) is 6.08 Å². The molecule has 0 aliphatic heterocycles. The molecule has 0 saturated carbocycles. The minimum Gasteiger partial charge on any atom is -0.465 e. The predicted octanol–water partition coefficient (Wildman–Crippen LogP) is 0.846. The zero-order chi connectivity index (χ0) is 12.0. The van der Waals surface area contributed by atoms with Gasteiger partial charge in [-0.1, -0.05) is 12.2 Å². The Morgan fingerprint density at radius 1 is 1.69 bits per heavy atom. The van der Waals surface area contributed by atoms with Crippen molar-refractivity contribution in [3.05, 3.63) is 29.5 Å². The third-order valence-corrected chi connectivity index (χ3v) is 1.96. The number of carbonyl (C=O) groups is 1. The Balaban J connectivity index is 2.94. The Bertz CT molecular complexity index is 402. The van der Waals surface area contributed by atoms with Crippen molar-refractivity contribution >= 4 is 17.9 Å². The van der Waals surface area contributed by atoms with Gasteiger partial charge in [0.2, 0.25) is 0 Å². The molecule has 1 aromatic heterocycles. The van der Waals surface area contributed by atoms with Crippen molar-refractivity contribution in [1.29, 1.82) is 0 Å². The molecule has 0 aliphatic rings. The van der Waals surface area contributed by atoms with Gasteiger partial charge in [0, 0.05) is 18.4 Å². The molecule has 0 saturated heterocycles. The summed E-state index contributed by atoms with van der Waals surface area (Å²) in [6.07, 6.45) is 5.37. The third-order valence-electron chi connectivity index (χ3n) is 1.96. The topological polar surface area (TPSA) is 85.4 Å². The van der Waals surface area contributed by atoms with Crippen molar-refractivity contribution < 1.29 is 14.6 Å². The van der Waals surface area contributed by atoms with E-state index in [0.29, 0.717) is 23.4 Å². The second-order valence-electron chi connectivity index (χ2n) is 3.10. The summed E-state index contributed by atoms with van der Waals surface area (Å²) in [5.74, 6) is -0.119. The van der Waals surface area contributed by atoms with Gasteiger partial charge in [0.25, 0.3) is 0 Å². The van der Waals surface area contributed by atoms with E-state index >= 15 is 0 Å². The van der Waals surface area contributed by atoms with Gasteiger partial charge in [-0.15, -0.1) is 0 Å². The number of methoxy groups -OCH3 is 1. The number of hydrogen-bond donors (Lipinski definition) is 2. The number of nitrogens with two attached hydrogens (primary N) is 1. The smallest absolute Gasteiger partial charge is 0.339 e. The molecular formula is C11H14N2O3. The monoisotopic (exact) mass is 222 g/mol. The predicted molar refractivity (Wildman–Crippen MR) is 60.7 cm³/mol. The van der Waals surface area contributed by atoms with Gasteiger partial charge in [0.1, 0.15) is 5.82 Å². The summed E-state index contributed by atoms with van der Waals surface area (Å²) in [6.45, 7) is 0.0700. The van der Waals surface area contributed by atoms with Crippen LogP contribution in [0.1, 0.15) is 22.3 Å². The van der Waals surface area contributed by atoms with E-state index in [0.717, 1.165) is 0 Å². The van der Waals surface area contributed by atoms with E-state index in [1.165, 1.54) is 13.3 Å². The first kappa shape index (κ1) is 12.2. The Morgan fingerprint density at radius 2 is 2.44 bits per heavy atom. The van der Waals surface area contributed by atoms with Gasteiger partial charge in [-0.2, -0.15) is 0 Å². The van der Waals surface area contributed by atoms with Crippen LogP contribution in [-0.4, -0.2) is 29.8 Å². The van der Waals surface area contributed by atoms with E-state index in [2.05, 4.69) is 9.72 Å². The lowest BCUT2D eigenvalue weighted by Gasteiger charge is -2.02. The van der Waals surface area contributed by atoms with E-state index in [1.807, 2.05) is 0 Å². The number of aliphatic hydroxyl groups excluding tert-OH is 1. The lowest BCUT2D eigenvalue weighted by atomic mass is 10.1. The van der Waals surface area contributed by atoms with Crippen molar-refractivity contribution in [3.8, 4) is 0 Å². The van der Waals surface area contributed by atoms with Crippen LogP contribution < -0.4 is 5.73 Å². The van der Waals surface area contributed by atoms with Gasteiger partial charge in [-0.05, 0) is 12.5 Å². The molecule has 16 heavy (non-hydrogen) atoms. The Labute approximate surface area is 93.6 Å². The first-order chi connectivity index (χ1) is 7.69. The summed E-state index contributed by atoms with van der Waals surface area (Å²) in [7, 11) is 1.31. The SMILES string of the molecule is COC(=O)c1cnc(N)c(C=CCCO)c1. The number of nitrogen functional groups attached to an aromatic ring is 1. The average molecular weight is 222 g/mol. The van der Waals surface area contributed by atoms with Crippen LogP contribution in [0.15, 0.2) is 18.3 Å². The van der Waals surface area contributed by atoms with Gasteiger partial charge in [0.05, 0.1) is 12.7 Å². The molecule has 0 fully saturated rings. The second kappa shape index (κ2) is 5.87. The summed E-state index contributed by atoms with van der Waals surface area (Å²) in [5, 5.41) is 8.62. The molecule has 5 nitrogen and oxygen atoms in total. The zero-order valence-corrected chi connectivity index (χ0v) is 9.01. The molecule has 1 aromatic rings. The Kier molecular flexibility index (Phi) is 4.47. The molecule has 0 atom stereocenters. The number of aliphatic hydroxyl groups is 1. The van der Waals surface area contributed by atoms with Crippen molar-refractivity contribution in [2.45, 2.75) is 6.42 Å². The lowest BCUT2D eigenvalue weighted by Crippen LogP contribution is -2.04. The van der Waals surface area contributed by atoms with Crippen molar-refractivity contribution in [2.75, 3.05) is 19.5 Å². The molecule has 86 valence electrons. The van der Waals surface area contributed by atoms with Gasteiger partial charge in [-0.3, -0.25) is 0 Å². The maximum atomic E-state index is 11.2. The summed E-state index contributed by atoms with van der Waals surface area (Å²) in [6, 6.07) is 1.60. The zero-order valence-electron chi connectivity index (χ0n) is 9.01. The lowest BCUT2D eigenvalue weighted by molar-refractivity contribution is 0.0600. The standard InChI is InChI=1S/C11H14N2O3/c1-16-11(15)9-6-8(4-2-3-5-14)10(12)13-7-9/h2,4,6-7,14H,3,5H2,1H3,(H2,12,13). The maximum Gasteiger partial charge on any atom is 0.339 e. The minimum atomic E-state index is -0.454. The molecule has 1 heterocycles. The van der Waals surface area contributed by atoms with Crippen LogP contribution in [0, 0.1) is 0 Å². The molecule has 0 bridgehead atoms. The minimum absolute atomic E-state index is 0.0700. The van der Waals surface area contributed by atoms with E-state index in [1.54, 1.807) is 18.2 Å². The van der Waals surface area contributed by atoms with Gasteiger partial charge in [0.15, 0.2) is 0 Å². The summed E-state index contributed by atoms with van der Waals surface area (Å²) >= 11 is 0. The van der Waals surface area contributed by atoms with Gasteiger partial charge < -0.3 is 15.6 Å². The van der Waals surface area contributed by atoms with Crippen LogP contribution >= 0.6 is 0 Å². The van der Waals surface area contributed by atoms with Crippen molar-refractivity contribution in [1.82, 2.24) is 4.98 Å². The number of nitrogens with zero attached hydrogens (tertiary/aromatic N) is 1. The quantitative estimate of drug-likeness (QED) is 0.737. The van der Waals surface area contributed by atoms with Crippen LogP contribution in [0.2, 0.25) is 0 Å². The van der Waals surface area contributed by atoms with E-state index in [4.69, 9.17) is 10.8 Å². The fourth-order valence-corrected chi connectivity index (χ4v) is 1.14. The van der Waals surface area contributed by atoms with Gasteiger partial charge >= 0.3 is 5.97 Å². The number of hydrogen-bond acceptors (Lipinski definition) is 5. The maximum absolute atomic E-state index is 11.2. The summed E-state index contributed by atoms with van der Waals surface area (Å²) in [5.41, 5.74) is 6.62. The molecule has 1 rings (SSSR count). The summed E-state index contributed by atoms with van der Waals surface area (Å²) < 4.78 is 4.57. The number of pyridine rings is 1. The number of aromatic nitrogens is 1. The fourth-order valence-electron chi connectivity index (χ4n) is 1.14. The molecule has 0 unspecified atom stereocenters. The first-order valence-corrected chi connectivity index (χ1v) is 4.80. The fraction of sp³-hybridized carbons (Fsp3) is 0.273. The molecule has 0 aliphatic carbocycles. The highest BCUT2D eigenvalue weighted by Crippen LogP contribution is 2.13. The molecule has 3 N–H and O–H groups in total. The number of ether oxygens (including phenoxy) is 1. The number of esters is 1. The van der Waals surface area contributed by atoms with Crippen LogP contribution in [-0.2, 0) is 4.74 Å². The van der Waals surface area contributed by atoms with E-state index in [9.17, 15) is 4.79 Å². The molecular weight excluding hydrogens is 208 g/mol. The van der Waals surface area contributed by atoms with Crippen LogP contribution in [0.4, 0.5) is 5.82 Å². The second-order valence-corrected chi connectivity index (χ2v) is 3.10. The summed E-state index contributed by atoms with van der Waals surface area (Å²) in [4.78, 5) is 15.1. The van der Waals surface area contributed by atoms with Gasteiger partial charge in [-0.25, -0.2) is 9.78 Å². The molecule has 0 spiro atoms. The highest BCUT2D eigenvalue weighted by atomic mass is 16.5. The van der Waals surface area contributed by atoms with E-state index in [-0.39, 0.29) is 6.61 Å². The van der Waals surface area contributed by atoms with Crippen molar-refractivity contribution in [3.63, 3.8) is 0 Å². The molecule has 0 radical (unpaired) electrons. The number of rotatable bonds is 4. The molecule has 5 heteroatoms. The molecule has 0 aromatic carbocycles. The van der Waals surface area contributed by atoms with Crippen LogP contribution in [0.3, 0.4) is 0 Å².